The van der Waals surface area contributed by atoms with Gasteiger partial charge in [0.25, 0.3) is 5.91 Å². The zero-order valence-corrected chi connectivity index (χ0v) is 19.9. The van der Waals surface area contributed by atoms with Gasteiger partial charge in [0.2, 0.25) is 0 Å². The van der Waals surface area contributed by atoms with Gasteiger partial charge in [-0.3, -0.25) is 4.79 Å². The molecule has 0 unspecified atom stereocenters. The highest BCUT2D eigenvalue weighted by Gasteiger charge is 2.35. The van der Waals surface area contributed by atoms with Crippen LogP contribution in [-0.4, -0.2) is 64.8 Å². The highest BCUT2D eigenvalue weighted by atomic mass is 19.1. The SMILES string of the molecule is Nc1cccc(C(=O)N[C@@H](CCN2CCC[C@@](F)(CCc3ccc4c(n3)NCCC4)C2)C(=O)O)c1. The summed E-state index contributed by atoms with van der Waals surface area (Å²) in [6.07, 6.45) is 4.46. The number of amides is 1. The van der Waals surface area contributed by atoms with Gasteiger partial charge < -0.3 is 26.4 Å². The monoisotopic (exact) mass is 483 g/mol. The van der Waals surface area contributed by atoms with Gasteiger partial charge in [-0.2, -0.15) is 0 Å². The van der Waals surface area contributed by atoms with Crippen LogP contribution in [0.5, 0.6) is 0 Å². The number of carbonyl (C=O) groups is 2. The molecule has 1 amide bonds. The Labute approximate surface area is 205 Å². The van der Waals surface area contributed by atoms with Crippen molar-refractivity contribution in [1.82, 2.24) is 15.2 Å². The molecule has 188 valence electrons. The van der Waals surface area contributed by atoms with E-state index >= 15 is 4.39 Å². The predicted octanol–water partition coefficient (Wildman–Crippen LogP) is 3.03. The maximum Gasteiger partial charge on any atom is 0.326 e. The van der Waals surface area contributed by atoms with Gasteiger partial charge in [-0.15, -0.1) is 0 Å². The Morgan fingerprint density at radius 1 is 1.29 bits per heavy atom. The van der Waals surface area contributed by atoms with E-state index in [1.807, 2.05) is 11.0 Å². The lowest BCUT2D eigenvalue weighted by atomic mass is 9.89. The molecule has 2 atom stereocenters. The summed E-state index contributed by atoms with van der Waals surface area (Å²) in [4.78, 5) is 30.9. The molecular formula is C26H34FN5O3. The number of carboxylic acid groups (broad SMARTS) is 1. The number of alkyl halides is 1. The van der Waals surface area contributed by atoms with Crippen molar-refractivity contribution in [3.63, 3.8) is 0 Å². The minimum absolute atomic E-state index is 0.192. The zero-order valence-electron chi connectivity index (χ0n) is 19.9. The molecule has 35 heavy (non-hydrogen) atoms. The smallest absolute Gasteiger partial charge is 0.326 e. The highest BCUT2D eigenvalue weighted by molar-refractivity contribution is 5.97. The number of rotatable bonds is 9. The number of pyridine rings is 1. The number of aryl methyl sites for hydroxylation is 2. The molecule has 0 spiro atoms. The number of carboxylic acids is 1. The number of hydrogen-bond acceptors (Lipinski definition) is 6. The van der Waals surface area contributed by atoms with E-state index in [2.05, 4.69) is 21.7 Å². The number of likely N-dealkylation sites (tertiary alicyclic amines) is 1. The van der Waals surface area contributed by atoms with Crippen molar-refractivity contribution in [3.05, 3.63) is 53.2 Å². The summed E-state index contributed by atoms with van der Waals surface area (Å²) in [6, 6.07) is 9.41. The van der Waals surface area contributed by atoms with E-state index in [0.717, 1.165) is 30.9 Å². The van der Waals surface area contributed by atoms with Crippen LogP contribution in [0, 0.1) is 0 Å². The molecule has 0 radical (unpaired) electrons. The fourth-order valence-corrected chi connectivity index (χ4v) is 4.92. The molecule has 2 aromatic rings. The van der Waals surface area contributed by atoms with Crippen molar-refractivity contribution in [2.45, 2.75) is 56.7 Å². The van der Waals surface area contributed by atoms with E-state index < -0.39 is 23.6 Å². The number of anilines is 2. The Morgan fingerprint density at radius 3 is 2.94 bits per heavy atom. The first-order valence-corrected chi connectivity index (χ1v) is 12.3. The number of nitrogen functional groups attached to an aromatic ring is 1. The summed E-state index contributed by atoms with van der Waals surface area (Å²) in [5.74, 6) is -0.681. The normalized spacial score (nSPS) is 20.9. The third kappa shape index (κ3) is 6.69. The second-order valence-corrected chi connectivity index (χ2v) is 9.65. The summed E-state index contributed by atoms with van der Waals surface area (Å²) in [7, 11) is 0. The average molecular weight is 484 g/mol. The van der Waals surface area contributed by atoms with Crippen LogP contribution in [0.4, 0.5) is 15.9 Å². The van der Waals surface area contributed by atoms with Gasteiger partial charge in [-0.25, -0.2) is 14.2 Å². The van der Waals surface area contributed by atoms with Crippen LogP contribution in [0.15, 0.2) is 36.4 Å². The number of nitrogens with one attached hydrogen (secondary N) is 2. The van der Waals surface area contributed by atoms with Crippen molar-refractivity contribution in [1.29, 1.82) is 0 Å². The lowest BCUT2D eigenvalue weighted by Gasteiger charge is -2.38. The van der Waals surface area contributed by atoms with Gasteiger partial charge in [0.05, 0.1) is 0 Å². The molecule has 5 N–H and O–H groups in total. The maximum absolute atomic E-state index is 15.7. The molecule has 1 saturated heterocycles. The summed E-state index contributed by atoms with van der Waals surface area (Å²) in [5, 5.41) is 15.5. The lowest BCUT2D eigenvalue weighted by molar-refractivity contribution is -0.139. The summed E-state index contributed by atoms with van der Waals surface area (Å²) in [6.45, 7) is 2.28. The van der Waals surface area contributed by atoms with Gasteiger partial charge in [-0.05, 0) is 81.3 Å². The predicted molar refractivity (Wildman–Crippen MR) is 133 cm³/mol. The first kappa shape index (κ1) is 24.9. The second-order valence-electron chi connectivity index (χ2n) is 9.65. The van der Waals surface area contributed by atoms with Gasteiger partial charge in [-0.1, -0.05) is 12.1 Å². The first-order valence-electron chi connectivity index (χ1n) is 12.3. The van der Waals surface area contributed by atoms with Crippen LogP contribution < -0.4 is 16.4 Å². The van der Waals surface area contributed by atoms with Crippen molar-refractivity contribution < 1.29 is 19.1 Å². The molecule has 9 heteroatoms. The van der Waals surface area contributed by atoms with Gasteiger partial charge in [0.1, 0.15) is 17.5 Å². The summed E-state index contributed by atoms with van der Waals surface area (Å²) < 4.78 is 15.7. The minimum atomic E-state index is -1.34. The Kier molecular flexibility index (Phi) is 7.85. The van der Waals surface area contributed by atoms with Crippen LogP contribution in [-0.2, 0) is 17.6 Å². The number of aromatic nitrogens is 1. The van der Waals surface area contributed by atoms with Crippen LogP contribution >= 0.6 is 0 Å². The number of halogens is 1. The third-order valence-electron chi connectivity index (χ3n) is 6.87. The number of nitrogens with zero attached hydrogens (tertiary/aromatic N) is 2. The Bertz CT molecular complexity index is 1070. The molecule has 0 aliphatic carbocycles. The zero-order chi connectivity index (χ0) is 24.8. The number of piperidine rings is 1. The van der Waals surface area contributed by atoms with Crippen molar-refractivity contribution in [2.24, 2.45) is 0 Å². The van der Waals surface area contributed by atoms with Crippen LogP contribution in [0.25, 0.3) is 0 Å². The Hall–Kier alpha value is -3.20. The third-order valence-corrected chi connectivity index (χ3v) is 6.87. The standard InChI is InChI=1S/C26H34FN5O3/c27-26(12-9-21-8-7-18-5-2-13-29-23(18)30-21)11-3-14-32(17-26)15-10-22(25(34)35)31-24(33)19-4-1-6-20(28)16-19/h1,4,6-8,16,22H,2-3,5,9-15,17,28H2,(H,29,30)(H,31,33)(H,34,35)/t22-,26+/m0/s1. The molecule has 1 aromatic carbocycles. The average Bonchev–Trinajstić information content (AvgIpc) is 2.85. The van der Waals surface area contributed by atoms with E-state index in [1.54, 1.807) is 18.2 Å². The van der Waals surface area contributed by atoms with Crippen LogP contribution in [0.1, 0.15) is 53.7 Å². The second kappa shape index (κ2) is 11.0. The van der Waals surface area contributed by atoms with E-state index in [1.165, 1.54) is 11.6 Å². The van der Waals surface area contributed by atoms with E-state index in [9.17, 15) is 14.7 Å². The molecule has 4 rings (SSSR count). The fraction of sp³-hybridized carbons (Fsp3) is 0.500. The first-order chi connectivity index (χ1) is 16.8. The van der Waals surface area contributed by atoms with Gasteiger partial charge in [0.15, 0.2) is 0 Å². The Morgan fingerprint density at radius 2 is 2.14 bits per heavy atom. The quantitative estimate of drug-likeness (QED) is 0.405. The van der Waals surface area contributed by atoms with Crippen LogP contribution in [0.2, 0.25) is 0 Å². The molecule has 1 fully saturated rings. The van der Waals surface area contributed by atoms with Crippen molar-refractivity contribution in [3.8, 4) is 0 Å². The summed E-state index contributed by atoms with van der Waals surface area (Å²) in [5.41, 5.74) is 7.22. The topological polar surface area (TPSA) is 121 Å². The molecule has 2 aliphatic heterocycles. The molecule has 1 aromatic heterocycles. The van der Waals surface area contributed by atoms with Gasteiger partial charge in [0, 0.05) is 36.6 Å². The lowest BCUT2D eigenvalue weighted by Crippen LogP contribution is -2.48. The largest absolute Gasteiger partial charge is 0.480 e. The summed E-state index contributed by atoms with van der Waals surface area (Å²) >= 11 is 0. The van der Waals surface area contributed by atoms with Crippen molar-refractivity contribution >= 4 is 23.4 Å². The number of carbonyl (C=O) groups excluding carboxylic acids is 1. The van der Waals surface area contributed by atoms with Crippen molar-refractivity contribution in [2.75, 3.05) is 37.2 Å². The highest BCUT2D eigenvalue weighted by Crippen LogP contribution is 2.31. The number of nitrogens with two attached hydrogens (primary N) is 1. The van der Waals surface area contributed by atoms with E-state index in [-0.39, 0.29) is 13.0 Å². The molecule has 2 aliphatic rings. The van der Waals surface area contributed by atoms with E-state index in [0.29, 0.717) is 50.0 Å². The number of benzene rings is 1. The molecule has 0 saturated carbocycles. The Balaban J connectivity index is 1.29. The fourth-order valence-electron chi connectivity index (χ4n) is 4.92. The van der Waals surface area contributed by atoms with Gasteiger partial charge >= 0.3 is 5.97 Å². The molecule has 0 bridgehead atoms. The molecular weight excluding hydrogens is 449 g/mol. The van der Waals surface area contributed by atoms with E-state index in [4.69, 9.17) is 5.73 Å². The minimum Gasteiger partial charge on any atom is -0.480 e. The molecule has 8 nitrogen and oxygen atoms in total. The maximum atomic E-state index is 15.7. The number of fused-ring (bicyclic) bond motifs is 1. The molecule has 3 heterocycles. The number of hydrogen-bond donors (Lipinski definition) is 4. The van der Waals surface area contributed by atoms with Crippen LogP contribution in [0.3, 0.4) is 0 Å². The number of aliphatic carboxylic acids is 1.